The van der Waals surface area contributed by atoms with Crippen LogP contribution < -0.4 is 0 Å². The van der Waals surface area contributed by atoms with Crippen molar-refractivity contribution in [3.8, 4) is 6.07 Å². The number of fused-ring (bicyclic) bond motifs is 1. The molecule has 0 aliphatic heterocycles. The number of nitriles is 1. The van der Waals surface area contributed by atoms with E-state index in [9.17, 15) is 4.79 Å². The van der Waals surface area contributed by atoms with Gasteiger partial charge >= 0.3 is 5.97 Å². The van der Waals surface area contributed by atoms with Crippen LogP contribution in [-0.2, 0) is 4.79 Å². The highest BCUT2D eigenvalue weighted by Crippen LogP contribution is 2.29. The Hall–Kier alpha value is -2.06. The lowest BCUT2D eigenvalue weighted by atomic mass is 10.2. The molecule has 1 aromatic heterocycles. The number of pyridine rings is 1. The molecule has 0 fully saturated rings. The second-order valence-electron chi connectivity index (χ2n) is 4.00. The molecule has 4 nitrogen and oxygen atoms in total. The van der Waals surface area contributed by atoms with Crippen molar-refractivity contribution in [1.82, 2.24) is 4.98 Å². The van der Waals surface area contributed by atoms with Gasteiger partial charge in [0.2, 0.25) is 0 Å². The van der Waals surface area contributed by atoms with E-state index in [2.05, 4.69) is 11.1 Å². The van der Waals surface area contributed by atoms with Crippen LogP contribution in [0.25, 0.3) is 10.9 Å². The summed E-state index contributed by atoms with van der Waals surface area (Å²) in [5.41, 5.74) is 1.19. The lowest BCUT2D eigenvalue weighted by molar-refractivity contribution is -0.136. The molecular weight excluding hydrogens is 260 g/mol. The Morgan fingerprint density at radius 2 is 2.26 bits per heavy atom. The van der Waals surface area contributed by atoms with Crippen LogP contribution in [0.4, 0.5) is 0 Å². The molecule has 5 heteroatoms. The smallest absolute Gasteiger partial charge is 0.317 e. The number of rotatable bonds is 4. The molecule has 1 heterocycles. The second-order valence-corrected chi connectivity index (χ2v) is 5.19. The highest BCUT2D eigenvalue weighted by atomic mass is 32.2. The molecule has 0 radical (unpaired) electrons. The third-order valence-corrected chi connectivity index (χ3v) is 4.06. The molecule has 19 heavy (non-hydrogen) atoms. The first-order chi connectivity index (χ1) is 9.15. The van der Waals surface area contributed by atoms with Crippen molar-refractivity contribution in [2.24, 2.45) is 0 Å². The quantitative estimate of drug-likeness (QED) is 0.866. The Balaban J connectivity index is 2.47. The highest BCUT2D eigenvalue weighted by Gasteiger charge is 2.19. The van der Waals surface area contributed by atoms with Gasteiger partial charge < -0.3 is 5.11 Å². The largest absolute Gasteiger partial charge is 0.480 e. The van der Waals surface area contributed by atoms with Crippen LogP contribution in [0.2, 0.25) is 0 Å². The average Bonchev–Trinajstić information content (AvgIpc) is 2.43. The van der Waals surface area contributed by atoms with E-state index in [0.717, 1.165) is 22.7 Å². The lowest BCUT2D eigenvalue weighted by Crippen LogP contribution is -2.15. The van der Waals surface area contributed by atoms with Crippen LogP contribution in [0.3, 0.4) is 0 Å². The summed E-state index contributed by atoms with van der Waals surface area (Å²) in [4.78, 5) is 15.5. The third kappa shape index (κ3) is 2.85. The van der Waals surface area contributed by atoms with Gasteiger partial charge in [0.05, 0.1) is 11.1 Å². The van der Waals surface area contributed by atoms with Crippen molar-refractivity contribution in [3.05, 3.63) is 35.9 Å². The van der Waals surface area contributed by atoms with E-state index in [1.54, 1.807) is 13.0 Å². The maximum atomic E-state index is 11.1. The SMILES string of the molecule is CCC(Sc1nc2ccccc2cc1C#N)C(=O)O. The zero-order valence-electron chi connectivity index (χ0n) is 10.3. The minimum absolute atomic E-state index is 0.420. The molecule has 0 amide bonds. The molecule has 2 rings (SSSR count). The molecule has 1 unspecified atom stereocenters. The standard InChI is InChI=1S/C14H12N2O2S/c1-2-12(14(17)18)19-13-10(8-15)7-9-5-3-4-6-11(9)16-13/h3-7,12H,2H2,1H3,(H,17,18). The Kier molecular flexibility index (Phi) is 4.03. The first kappa shape index (κ1) is 13.4. The molecule has 0 saturated heterocycles. The van der Waals surface area contributed by atoms with Gasteiger partial charge in [0.25, 0.3) is 0 Å². The number of aromatic nitrogens is 1. The van der Waals surface area contributed by atoms with Crippen molar-refractivity contribution >= 4 is 28.6 Å². The van der Waals surface area contributed by atoms with Crippen molar-refractivity contribution in [2.75, 3.05) is 0 Å². The lowest BCUT2D eigenvalue weighted by Gasteiger charge is -2.10. The van der Waals surface area contributed by atoms with Crippen LogP contribution >= 0.6 is 11.8 Å². The number of carboxylic acids is 1. The molecule has 96 valence electrons. The monoisotopic (exact) mass is 272 g/mol. The molecule has 1 N–H and O–H groups in total. The summed E-state index contributed by atoms with van der Waals surface area (Å²) in [6.45, 7) is 1.80. The molecule has 0 aliphatic rings. The van der Waals surface area contributed by atoms with Crippen molar-refractivity contribution in [1.29, 1.82) is 5.26 Å². The highest BCUT2D eigenvalue weighted by molar-refractivity contribution is 8.00. The number of hydrogen-bond donors (Lipinski definition) is 1. The predicted octanol–water partition coefficient (Wildman–Crippen LogP) is 3.06. The van der Waals surface area contributed by atoms with E-state index in [4.69, 9.17) is 10.4 Å². The molecule has 1 atom stereocenters. The first-order valence-electron chi connectivity index (χ1n) is 5.85. The summed E-state index contributed by atoms with van der Waals surface area (Å²) >= 11 is 1.13. The average molecular weight is 272 g/mol. The fraction of sp³-hybridized carbons (Fsp3) is 0.214. The zero-order valence-corrected chi connectivity index (χ0v) is 11.1. The van der Waals surface area contributed by atoms with E-state index in [1.165, 1.54) is 0 Å². The summed E-state index contributed by atoms with van der Waals surface area (Å²) in [6.07, 6.45) is 0.485. The second kappa shape index (κ2) is 5.72. The number of hydrogen-bond acceptors (Lipinski definition) is 4. The number of nitrogens with zero attached hydrogens (tertiary/aromatic N) is 2. The number of thioether (sulfide) groups is 1. The molecule has 0 bridgehead atoms. The predicted molar refractivity (Wildman–Crippen MR) is 74.0 cm³/mol. The Bertz CT molecular complexity index is 664. The zero-order chi connectivity index (χ0) is 13.8. The van der Waals surface area contributed by atoms with E-state index in [-0.39, 0.29) is 0 Å². The maximum absolute atomic E-state index is 11.1. The molecule has 1 aromatic carbocycles. The van der Waals surface area contributed by atoms with Gasteiger partial charge in [-0.05, 0) is 18.6 Å². The van der Waals surface area contributed by atoms with Crippen LogP contribution in [0, 0.1) is 11.3 Å². The van der Waals surface area contributed by atoms with E-state index in [1.807, 2.05) is 24.3 Å². The van der Waals surface area contributed by atoms with Crippen molar-refractivity contribution in [2.45, 2.75) is 23.6 Å². The fourth-order valence-electron chi connectivity index (χ4n) is 1.71. The summed E-state index contributed by atoms with van der Waals surface area (Å²) < 4.78 is 0. The third-order valence-electron chi connectivity index (χ3n) is 2.71. The van der Waals surface area contributed by atoms with Gasteiger partial charge in [0.15, 0.2) is 0 Å². The number of benzene rings is 1. The van der Waals surface area contributed by atoms with E-state index >= 15 is 0 Å². The Morgan fingerprint density at radius 3 is 2.89 bits per heavy atom. The summed E-state index contributed by atoms with van der Waals surface area (Å²) in [5.74, 6) is -0.883. The fourth-order valence-corrected chi connectivity index (χ4v) is 2.63. The van der Waals surface area contributed by atoms with Crippen molar-refractivity contribution in [3.63, 3.8) is 0 Å². The summed E-state index contributed by atoms with van der Waals surface area (Å²) in [5, 5.41) is 19.0. The molecule has 0 saturated carbocycles. The van der Waals surface area contributed by atoms with Gasteiger partial charge in [-0.1, -0.05) is 36.9 Å². The van der Waals surface area contributed by atoms with Crippen LogP contribution in [0.15, 0.2) is 35.4 Å². The van der Waals surface area contributed by atoms with E-state index in [0.29, 0.717) is 17.0 Å². The number of carboxylic acid groups (broad SMARTS) is 1. The Labute approximate surface area is 115 Å². The normalized spacial score (nSPS) is 12.0. The van der Waals surface area contributed by atoms with Gasteiger partial charge in [-0.3, -0.25) is 4.79 Å². The van der Waals surface area contributed by atoms with Gasteiger partial charge in [-0.25, -0.2) is 4.98 Å². The first-order valence-corrected chi connectivity index (χ1v) is 6.73. The number of carbonyl (C=O) groups is 1. The van der Waals surface area contributed by atoms with Crippen molar-refractivity contribution < 1.29 is 9.90 Å². The molecular formula is C14H12N2O2S. The summed E-state index contributed by atoms with van der Waals surface area (Å²) in [6, 6.07) is 11.3. The van der Waals surface area contributed by atoms with Gasteiger partial charge in [-0.15, -0.1) is 0 Å². The van der Waals surface area contributed by atoms with Gasteiger partial charge in [0, 0.05) is 5.39 Å². The van der Waals surface area contributed by atoms with Gasteiger partial charge in [-0.2, -0.15) is 5.26 Å². The minimum atomic E-state index is -0.883. The van der Waals surface area contributed by atoms with Crippen LogP contribution in [0.5, 0.6) is 0 Å². The molecule has 0 spiro atoms. The van der Waals surface area contributed by atoms with Crippen LogP contribution in [-0.4, -0.2) is 21.3 Å². The van der Waals surface area contributed by atoms with Gasteiger partial charge in [0.1, 0.15) is 16.3 Å². The number of para-hydroxylation sites is 1. The Morgan fingerprint density at radius 1 is 1.53 bits per heavy atom. The number of aliphatic carboxylic acids is 1. The van der Waals surface area contributed by atoms with E-state index < -0.39 is 11.2 Å². The summed E-state index contributed by atoms with van der Waals surface area (Å²) in [7, 11) is 0. The van der Waals surface area contributed by atoms with Crippen LogP contribution in [0.1, 0.15) is 18.9 Å². The topological polar surface area (TPSA) is 74.0 Å². The minimum Gasteiger partial charge on any atom is -0.480 e. The molecule has 2 aromatic rings. The molecule has 0 aliphatic carbocycles. The maximum Gasteiger partial charge on any atom is 0.317 e.